The van der Waals surface area contributed by atoms with E-state index in [0.29, 0.717) is 5.92 Å². The van der Waals surface area contributed by atoms with Gasteiger partial charge in [0.25, 0.3) is 0 Å². The lowest BCUT2D eigenvalue weighted by Gasteiger charge is -2.15. The first-order valence-electron chi connectivity index (χ1n) is 7.10. The van der Waals surface area contributed by atoms with Crippen LogP contribution in [0.1, 0.15) is 31.5 Å². The molecule has 0 saturated heterocycles. The molecular weight excluding hydrogens is 250 g/mol. The van der Waals surface area contributed by atoms with E-state index in [2.05, 4.69) is 15.3 Å². The molecule has 2 aromatic rings. The summed E-state index contributed by atoms with van der Waals surface area (Å²) >= 11 is 0. The largest absolute Gasteiger partial charge is 0.489 e. The summed E-state index contributed by atoms with van der Waals surface area (Å²) in [4.78, 5) is 8.85. The Morgan fingerprint density at radius 3 is 2.80 bits per heavy atom. The van der Waals surface area contributed by atoms with Crippen LogP contribution < -0.4 is 10.1 Å². The van der Waals surface area contributed by atoms with Crippen molar-refractivity contribution in [1.29, 1.82) is 0 Å². The molecule has 104 valence electrons. The van der Waals surface area contributed by atoms with Gasteiger partial charge in [0.15, 0.2) is 0 Å². The van der Waals surface area contributed by atoms with E-state index in [4.69, 9.17) is 4.74 Å². The van der Waals surface area contributed by atoms with E-state index in [0.717, 1.165) is 23.9 Å². The third-order valence-corrected chi connectivity index (χ3v) is 3.27. The van der Waals surface area contributed by atoms with E-state index in [9.17, 15) is 0 Å². The number of nitrogens with zero attached hydrogens (tertiary/aromatic N) is 2. The quantitative estimate of drug-likeness (QED) is 0.874. The zero-order valence-electron chi connectivity index (χ0n) is 11.6. The Balaban J connectivity index is 1.52. The molecule has 3 rings (SSSR count). The summed E-state index contributed by atoms with van der Waals surface area (Å²) in [6.45, 7) is 2.76. The summed E-state index contributed by atoms with van der Waals surface area (Å²) in [7, 11) is 0. The van der Waals surface area contributed by atoms with Crippen molar-refractivity contribution in [3.05, 3.63) is 48.4 Å². The topological polar surface area (TPSA) is 47.0 Å². The Morgan fingerprint density at radius 1 is 1.25 bits per heavy atom. The molecule has 0 bridgehead atoms. The third kappa shape index (κ3) is 3.47. The fraction of sp³-hybridized carbons (Fsp3) is 0.375. The maximum Gasteiger partial charge on any atom is 0.133 e. The smallest absolute Gasteiger partial charge is 0.133 e. The second-order valence-electron chi connectivity index (χ2n) is 5.20. The van der Waals surface area contributed by atoms with E-state index >= 15 is 0 Å². The van der Waals surface area contributed by atoms with Crippen LogP contribution in [-0.4, -0.2) is 22.6 Å². The number of nitrogens with one attached hydrogen (secondary N) is 1. The lowest BCUT2D eigenvalue weighted by molar-refractivity contribution is 0.234. The van der Waals surface area contributed by atoms with Gasteiger partial charge in [-0.2, -0.15) is 0 Å². The fourth-order valence-electron chi connectivity index (χ4n) is 2.03. The van der Waals surface area contributed by atoms with Crippen LogP contribution in [0.25, 0.3) is 0 Å². The molecule has 1 heterocycles. The van der Waals surface area contributed by atoms with Crippen molar-refractivity contribution < 1.29 is 4.74 Å². The van der Waals surface area contributed by atoms with Gasteiger partial charge in [0, 0.05) is 12.1 Å². The second-order valence-corrected chi connectivity index (χ2v) is 5.20. The van der Waals surface area contributed by atoms with Crippen LogP contribution in [0.5, 0.6) is 5.75 Å². The van der Waals surface area contributed by atoms with Crippen LogP contribution in [0, 0.1) is 0 Å². The van der Waals surface area contributed by atoms with Crippen molar-refractivity contribution >= 4 is 5.82 Å². The summed E-state index contributed by atoms with van der Waals surface area (Å²) < 4.78 is 5.82. The molecule has 1 saturated carbocycles. The first kappa shape index (κ1) is 12.9. The molecule has 1 atom stereocenters. The number of para-hydroxylation sites is 1. The molecular formula is C16H19N3O. The number of aromatic nitrogens is 2. The molecule has 1 fully saturated rings. The van der Waals surface area contributed by atoms with Gasteiger partial charge in [-0.05, 0) is 38.0 Å². The van der Waals surface area contributed by atoms with Crippen LogP contribution >= 0.6 is 0 Å². The van der Waals surface area contributed by atoms with Crippen LogP contribution in [-0.2, 0) is 0 Å². The van der Waals surface area contributed by atoms with Gasteiger partial charge in [0.2, 0.25) is 0 Å². The van der Waals surface area contributed by atoms with E-state index < -0.39 is 0 Å². The summed E-state index contributed by atoms with van der Waals surface area (Å²) in [5.74, 6) is 3.31. The van der Waals surface area contributed by atoms with Crippen LogP contribution in [0.3, 0.4) is 0 Å². The van der Waals surface area contributed by atoms with Crippen molar-refractivity contribution in [2.75, 3.05) is 11.9 Å². The molecule has 4 nitrogen and oxygen atoms in total. The van der Waals surface area contributed by atoms with Crippen molar-refractivity contribution in [3.8, 4) is 5.75 Å². The average molecular weight is 269 g/mol. The maximum atomic E-state index is 5.82. The highest BCUT2D eigenvalue weighted by atomic mass is 16.5. The summed E-state index contributed by atoms with van der Waals surface area (Å²) in [5, 5.41) is 3.31. The summed E-state index contributed by atoms with van der Waals surface area (Å²) in [6.07, 6.45) is 4.34. The molecule has 1 aromatic heterocycles. The maximum absolute atomic E-state index is 5.82. The summed E-state index contributed by atoms with van der Waals surface area (Å²) in [6, 6.07) is 11.8. The number of anilines is 1. The van der Waals surface area contributed by atoms with Crippen molar-refractivity contribution in [1.82, 2.24) is 9.97 Å². The number of benzene rings is 1. The molecule has 1 aliphatic rings. The predicted molar refractivity (Wildman–Crippen MR) is 79.0 cm³/mol. The Hall–Kier alpha value is -2.10. The van der Waals surface area contributed by atoms with Crippen LogP contribution in [0.4, 0.5) is 5.82 Å². The van der Waals surface area contributed by atoms with Crippen molar-refractivity contribution in [2.45, 2.75) is 31.8 Å². The van der Waals surface area contributed by atoms with E-state index in [1.807, 2.05) is 49.5 Å². The van der Waals surface area contributed by atoms with Gasteiger partial charge in [-0.3, -0.25) is 0 Å². The Kier molecular flexibility index (Phi) is 3.81. The molecule has 4 heteroatoms. The lowest BCUT2D eigenvalue weighted by Crippen LogP contribution is -2.23. The predicted octanol–water partition coefficient (Wildman–Crippen LogP) is 3.23. The van der Waals surface area contributed by atoms with Crippen LogP contribution in [0.15, 0.2) is 42.6 Å². The van der Waals surface area contributed by atoms with Gasteiger partial charge in [-0.1, -0.05) is 18.2 Å². The molecule has 1 N–H and O–H groups in total. The SMILES string of the molecule is CC(CNc1ccnc(C2CC2)n1)Oc1ccccc1. The van der Waals surface area contributed by atoms with Crippen molar-refractivity contribution in [3.63, 3.8) is 0 Å². The Bertz CT molecular complexity index is 555. The van der Waals surface area contributed by atoms with Crippen LogP contribution in [0.2, 0.25) is 0 Å². The second kappa shape index (κ2) is 5.90. The highest BCUT2D eigenvalue weighted by Gasteiger charge is 2.26. The minimum atomic E-state index is 0.0803. The van der Waals surface area contributed by atoms with Gasteiger partial charge in [0.05, 0.1) is 6.54 Å². The van der Waals surface area contributed by atoms with Gasteiger partial charge in [0.1, 0.15) is 23.5 Å². The van der Waals surface area contributed by atoms with Gasteiger partial charge in [-0.15, -0.1) is 0 Å². The molecule has 0 aliphatic heterocycles. The zero-order chi connectivity index (χ0) is 13.8. The molecule has 0 spiro atoms. The minimum absolute atomic E-state index is 0.0803. The molecule has 20 heavy (non-hydrogen) atoms. The van der Waals surface area contributed by atoms with E-state index in [1.54, 1.807) is 0 Å². The summed E-state index contributed by atoms with van der Waals surface area (Å²) in [5.41, 5.74) is 0. The number of ether oxygens (including phenoxy) is 1. The molecule has 0 amide bonds. The fourth-order valence-corrected chi connectivity index (χ4v) is 2.03. The Labute approximate surface area is 119 Å². The van der Waals surface area contributed by atoms with E-state index in [1.165, 1.54) is 12.8 Å². The van der Waals surface area contributed by atoms with E-state index in [-0.39, 0.29) is 6.10 Å². The van der Waals surface area contributed by atoms with Gasteiger partial charge >= 0.3 is 0 Å². The van der Waals surface area contributed by atoms with Gasteiger partial charge in [-0.25, -0.2) is 9.97 Å². The van der Waals surface area contributed by atoms with Gasteiger partial charge < -0.3 is 10.1 Å². The number of hydrogen-bond acceptors (Lipinski definition) is 4. The monoisotopic (exact) mass is 269 g/mol. The highest BCUT2D eigenvalue weighted by molar-refractivity contribution is 5.34. The first-order chi connectivity index (χ1) is 9.81. The lowest BCUT2D eigenvalue weighted by atomic mass is 10.3. The first-order valence-corrected chi connectivity index (χ1v) is 7.10. The number of rotatable bonds is 6. The molecule has 1 unspecified atom stereocenters. The Morgan fingerprint density at radius 2 is 2.05 bits per heavy atom. The standard InChI is InChI=1S/C16H19N3O/c1-12(20-14-5-3-2-4-6-14)11-18-15-9-10-17-16(19-15)13-7-8-13/h2-6,9-10,12-13H,7-8,11H2,1H3,(H,17,18,19). The highest BCUT2D eigenvalue weighted by Crippen LogP contribution is 2.37. The number of hydrogen-bond donors (Lipinski definition) is 1. The third-order valence-electron chi connectivity index (χ3n) is 3.27. The van der Waals surface area contributed by atoms with Crippen molar-refractivity contribution in [2.24, 2.45) is 0 Å². The zero-order valence-corrected chi connectivity index (χ0v) is 11.6. The molecule has 0 radical (unpaired) electrons. The minimum Gasteiger partial charge on any atom is -0.489 e. The normalized spacial score (nSPS) is 15.7. The average Bonchev–Trinajstić information content (AvgIpc) is 3.31. The molecule has 1 aliphatic carbocycles. The molecule has 1 aromatic carbocycles.